The van der Waals surface area contributed by atoms with Gasteiger partial charge in [-0.05, 0) is 49.4 Å². The van der Waals surface area contributed by atoms with Crippen molar-refractivity contribution >= 4 is 27.7 Å². The molecule has 2 amide bonds. The Kier molecular flexibility index (Phi) is 7.12. The predicted molar refractivity (Wildman–Crippen MR) is 107 cm³/mol. The van der Waals surface area contributed by atoms with Crippen LogP contribution < -0.4 is 5.32 Å². The molecule has 1 aliphatic carbocycles. The maximum absolute atomic E-state index is 12.5. The first-order valence-corrected chi connectivity index (χ1v) is 10.8. The summed E-state index contributed by atoms with van der Waals surface area (Å²) in [5.41, 5.74) is 0.725. The Balaban J connectivity index is 1.38. The molecule has 142 valence electrons. The SMILES string of the molecule is O=C(CCC1CCCCC1)NC1CCN(C(=O)c2ccc(Br)cc2)CC1. The van der Waals surface area contributed by atoms with Gasteiger partial charge in [0.05, 0.1) is 0 Å². The Morgan fingerprint density at radius 3 is 2.31 bits per heavy atom. The molecule has 4 nitrogen and oxygen atoms in total. The van der Waals surface area contributed by atoms with Gasteiger partial charge in [-0.2, -0.15) is 0 Å². The van der Waals surface area contributed by atoms with Crippen LogP contribution in [0.2, 0.25) is 0 Å². The number of rotatable bonds is 5. The molecule has 0 unspecified atom stereocenters. The fourth-order valence-corrected chi connectivity index (χ4v) is 4.38. The second-order valence-corrected chi connectivity index (χ2v) is 8.60. The Hall–Kier alpha value is -1.36. The number of nitrogens with zero attached hydrogens (tertiary/aromatic N) is 1. The van der Waals surface area contributed by atoms with Crippen molar-refractivity contribution in [1.82, 2.24) is 10.2 Å². The average Bonchev–Trinajstić information content (AvgIpc) is 2.68. The predicted octanol–water partition coefficient (Wildman–Crippen LogP) is 4.53. The largest absolute Gasteiger partial charge is 0.353 e. The van der Waals surface area contributed by atoms with Gasteiger partial charge in [0.15, 0.2) is 0 Å². The number of hydrogen-bond acceptors (Lipinski definition) is 2. The van der Waals surface area contributed by atoms with Crippen molar-refractivity contribution < 1.29 is 9.59 Å². The molecule has 0 radical (unpaired) electrons. The number of nitrogens with one attached hydrogen (secondary N) is 1. The van der Waals surface area contributed by atoms with Gasteiger partial charge in [-0.15, -0.1) is 0 Å². The minimum Gasteiger partial charge on any atom is -0.353 e. The monoisotopic (exact) mass is 420 g/mol. The van der Waals surface area contributed by atoms with E-state index in [0.717, 1.165) is 35.2 Å². The first-order chi connectivity index (χ1) is 12.6. The molecule has 0 aromatic heterocycles. The number of likely N-dealkylation sites (tertiary alicyclic amines) is 1. The van der Waals surface area contributed by atoms with E-state index in [1.807, 2.05) is 29.2 Å². The molecule has 1 saturated heterocycles. The van der Waals surface area contributed by atoms with E-state index in [9.17, 15) is 9.59 Å². The number of halogens is 1. The highest BCUT2D eigenvalue weighted by Crippen LogP contribution is 2.27. The number of carbonyl (C=O) groups is 2. The Morgan fingerprint density at radius 1 is 1.00 bits per heavy atom. The molecule has 1 aliphatic heterocycles. The summed E-state index contributed by atoms with van der Waals surface area (Å²) in [6.07, 6.45) is 9.99. The summed E-state index contributed by atoms with van der Waals surface area (Å²) in [4.78, 5) is 26.7. The van der Waals surface area contributed by atoms with Crippen molar-refractivity contribution in [1.29, 1.82) is 0 Å². The van der Waals surface area contributed by atoms with Crippen molar-refractivity contribution in [3.63, 3.8) is 0 Å². The molecule has 2 fully saturated rings. The second kappa shape index (κ2) is 9.54. The molecular weight excluding hydrogens is 392 g/mol. The van der Waals surface area contributed by atoms with Crippen molar-refractivity contribution in [3.8, 4) is 0 Å². The third-order valence-electron chi connectivity index (χ3n) is 5.74. The molecule has 1 saturated carbocycles. The summed E-state index contributed by atoms with van der Waals surface area (Å²) in [6, 6.07) is 7.71. The van der Waals surface area contributed by atoms with E-state index in [0.29, 0.717) is 19.5 Å². The van der Waals surface area contributed by atoms with E-state index in [-0.39, 0.29) is 17.9 Å². The standard InChI is InChI=1S/C21H29BrN2O2/c22-18-9-7-17(8-10-18)21(26)24-14-12-19(13-15-24)23-20(25)11-6-16-4-2-1-3-5-16/h7-10,16,19H,1-6,11-15H2,(H,23,25). The van der Waals surface area contributed by atoms with Crippen LogP contribution in [0.3, 0.4) is 0 Å². The van der Waals surface area contributed by atoms with Crippen LogP contribution >= 0.6 is 15.9 Å². The van der Waals surface area contributed by atoms with Crippen molar-refractivity contribution in [2.75, 3.05) is 13.1 Å². The Labute approximate surface area is 164 Å². The molecule has 1 heterocycles. The third-order valence-corrected chi connectivity index (χ3v) is 6.27. The summed E-state index contributed by atoms with van der Waals surface area (Å²) >= 11 is 3.39. The van der Waals surface area contributed by atoms with E-state index in [2.05, 4.69) is 21.2 Å². The first kappa shape index (κ1) is 19.4. The van der Waals surface area contributed by atoms with Gasteiger partial charge in [-0.3, -0.25) is 9.59 Å². The van der Waals surface area contributed by atoms with Gasteiger partial charge >= 0.3 is 0 Å². The van der Waals surface area contributed by atoms with Crippen molar-refractivity contribution in [2.45, 2.75) is 63.8 Å². The van der Waals surface area contributed by atoms with Crippen LogP contribution in [0.5, 0.6) is 0 Å². The minimum absolute atomic E-state index is 0.0829. The number of benzene rings is 1. The quantitative estimate of drug-likeness (QED) is 0.760. The molecule has 1 aromatic rings. The summed E-state index contributed by atoms with van der Waals surface area (Å²) in [6.45, 7) is 1.42. The lowest BCUT2D eigenvalue weighted by atomic mass is 9.86. The zero-order chi connectivity index (χ0) is 18.4. The summed E-state index contributed by atoms with van der Waals surface area (Å²) in [7, 11) is 0. The molecule has 0 spiro atoms. The zero-order valence-electron chi connectivity index (χ0n) is 15.4. The molecule has 1 N–H and O–H groups in total. The molecular formula is C21H29BrN2O2. The summed E-state index contributed by atoms with van der Waals surface area (Å²) in [5, 5.41) is 3.18. The first-order valence-electron chi connectivity index (χ1n) is 9.96. The molecule has 5 heteroatoms. The van der Waals surface area contributed by atoms with Gasteiger partial charge in [-0.25, -0.2) is 0 Å². The Morgan fingerprint density at radius 2 is 1.65 bits per heavy atom. The van der Waals surface area contributed by atoms with Gasteiger partial charge in [-0.1, -0.05) is 48.0 Å². The van der Waals surface area contributed by atoms with Crippen LogP contribution in [0.1, 0.15) is 68.1 Å². The van der Waals surface area contributed by atoms with E-state index in [1.165, 1.54) is 32.1 Å². The van der Waals surface area contributed by atoms with E-state index in [1.54, 1.807) is 0 Å². The lowest BCUT2D eigenvalue weighted by Gasteiger charge is -2.32. The van der Waals surface area contributed by atoms with E-state index in [4.69, 9.17) is 0 Å². The highest BCUT2D eigenvalue weighted by molar-refractivity contribution is 9.10. The molecule has 2 aliphatic rings. The fourth-order valence-electron chi connectivity index (χ4n) is 4.11. The van der Waals surface area contributed by atoms with Crippen molar-refractivity contribution in [2.24, 2.45) is 5.92 Å². The molecule has 0 atom stereocenters. The lowest BCUT2D eigenvalue weighted by molar-refractivity contribution is -0.122. The number of amides is 2. The molecule has 0 bridgehead atoms. The van der Waals surface area contributed by atoms with Crippen LogP contribution in [-0.4, -0.2) is 35.8 Å². The van der Waals surface area contributed by atoms with Gasteiger partial charge in [0, 0.05) is 35.6 Å². The van der Waals surface area contributed by atoms with Gasteiger partial charge in [0.25, 0.3) is 5.91 Å². The number of carbonyl (C=O) groups excluding carboxylic acids is 2. The smallest absolute Gasteiger partial charge is 0.253 e. The van der Waals surface area contributed by atoms with Crippen molar-refractivity contribution in [3.05, 3.63) is 34.3 Å². The average molecular weight is 421 g/mol. The molecule has 1 aromatic carbocycles. The zero-order valence-corrected chi connectivity index (χ0v) is 17.0. The van der Waals surface area contributed by atoms with Crippen LogP contribution in [0, 0.1) is 5.92 Å². The maximum atomic E-state index is 12.5. The van der Waals surface area contributed by atoms with Gasteiger partial charge in [0.2, 0.25) is 5.91 Å². The highest BCUT2D eigenvalue weighted by atomic mass is 79.9. The van der Waals surface area contributed by atoms with Crippen LogP contribution in [-0.2, 0) is 4.79 Å². The maximum Gasteiger partial charge on any atom is 0.253 e. The van der Waals surface area contributed by atoms with Gasteiger partial charge < -0.3 is 10.2 Å². The topological polar surface area (TPSA) is 49.4 Å². The summed E-state index contributed by atoms with van der Waals surface area (Å²) in [5.74, 6) is 1.02. The Bertz CT molecular complexity index is 603. The highest BCUT2D eigenvalue weighted by Gasteiger charge is 2.25. The number of hydrogen-bond donors (Lipinski definition) is 1. The lowest BCUT2D eigenvalue weighted by Crippen LogP contribution is -2.46. The molecule has 26 heavy (non-hydrogen) atoms. The minimum atomic E-state index is 0.0829. The van der Waals surface area contributed by atoms with Crippen LogP contribution in [0.25, 0.3) is 0 Å². The summed E-state index contributed by atoms with van der Waals surface area (Å²) < 4.78 is 0.976. The fraction of sp³-hybridized carbons (Fsp3) is 0.619. The van der Waals surface area contributed by atoms with E-state index < -0.39 is 0 Å². The number of piperidine rings is 1. The van der Waals surface area contributed by atoms with E-state index >= 15 is 0 Å². The third kappa shape index (κ3) is 5.57. The van der Waals surface area contributed by atoms with Gasteiger partial charge in [0.1, 0.15) is 0 Å². The van der Waals surface area contributed by atoms with Crippen LogP contribution in [0.15, 0.2) is 28.7 Å². The second-order valence-electron chi connectivity index (χ2n) is 7.68. The van der Waals surface area contributed by atoms with Crippen LogP contribution in [0.4, 0.5) is 0 Å². The normalized spacial score (nSPS) is 19.3. The molecule has 3 rings (SSSR count).